The van der Waals surface area contributed by atoms with E-state index >= 15 is 0 Å². The summed E-state index contributed by atoms with van der Waals surface area (Å²) in [4.78, 5) is 8.05. The molecule has 0 N–H and O–H groups in total. The second-order valence-corrected chi connectivity index (χ2v) is 4.63. The van der Waals surface area contributed by atoms with E-state index in [4.69, 9.17) is 10.00 Å². The van der Waals surface area contributed by atoms with Crippen molar-refractivity contribution in [3.8, 4) is 17.8 Å². The summed E-state index contributed by atoms with van der Waals surface area (Å²) in [7, 11) is 0. The lowest BCUT2D eigenvalue weighted by Crippen LogP contribution is -1.98. The topological polar surface area (TPSA) is 58.8 Å². The van der Waals surface area contributed by atoms with E-state index in [1.807, 2.05) is 25.1 Å². The van der Waals surface area contributed by atoms with Gasteiger partial charge < -0.3 is 4.74 Å². The lowest BCUT2D eigenvalue weighted by Gasteiger charge is -2.13. The molecule has 1 aromatic heterocycles. The quantitative estimate of drug-likeness (QED) is 0.839. The molecule has 1 aromatic carbocycles. The van der Waals surface area contributed by atoms with E-state index in [0.29, 0.717) is 11.6 Å². The molecule has 0 radical (unpaired) electrons. The first kappa shape index (κ1) is 13.0. The highest BCUT2D eigenvalue weighted by atomic mass is 16.5. The third kappa shape index (κ3) is 3.08. The first-order chi connectivity index (χ1) is 9.10. The number of ether oxygens (including phenoxy) is 1. The minimum atomic E-state index is 0.201. The van der Waals surface area contributed by atoms with Crippen LogP contribution in [0.25, 0.3) is 0 Å². The molecule has 0 amide bonds. The van der Waals surface area contributed by atoms with Crippen LogP contribution in [0.2, 0.25) is 0 Å². The van der Waals surface area contributed by atoms with E-state index in [0.717, 1.165) is 16.9 Å². The molecule has 4 nitrogen and oxygen atoms in total. The Morgan fingerprint density at radius 2 is 2.05 bits per heavy atom. The number of benzene rings is 1. The van der Waals surface area contributed by atoms with Crippen LogP contribution in [0.15, 0.2) is 30.5 Å². The summed E-state index contributed by atoms with van der Waals surface area (Å²) in [5, 5.41) is 8.82. The summed E-state index contributed by atoms with van der Waals surface area (Å²) in [6, 6.07) is 9.77. The monoisotopic (exact) mass is 253 g/mol. The molecular formula is C15H15N3O. The Morgan fingerprint density at radius 3 is 2.74 bits per heavy atom. The summed E-state index contributed by atoms with van der Waals surface area (Å²) < 4.78 is 5.72. The number of nitriles is 1. The molecule has 0 bridgehead atoms. The lowest BCUT2D eigenvalue weighted by molar-refractivity contribution is 0.433. The molecule has 4 heteroatoms. The standard InChI is InChI=1S/C15H15N3O/c1-10(2)13-5-4-11(3)8-14(13)19-15-17-7-6-12(9-16)18-15/h4-8,10H,1-3H3. The van der Waals surface area contributed by atoms with Gasteiger partial charge in [0.2, 0.25) is 0 Å². The van der Waals surface area contributed by atoms with E-state index < -0.39 is 0 Å². The van der Waals surface area contributed by atoms with Gasteiger partial charge in [0.15, 0.2) is 0 Å². The van der Waals surface area contributed by atoms with Gasteiger partial charge in [-0.2, -0.15) is 10.2 Å². The van der Waals surface area contributed by atoms with Crippen molar-refractivity contribution in [1.29, 1.82) is 5.26 Å². The SMILES string of the molecule is Cc1ccc(C(C)C)c(Oc2nccc(C#N)n2)c1. The van der Waals surface area contributed by atoms with E-state index in [1.165, 1.54) is 6.20 Å². The van der Waals surface area contributed by atoms with Gasteiger partial charge in [0.05, 0.1) is 0 Å². The van der Waals surface area contributed by atoms with Crippen molar-refractivity contribution in [2.75, 3.05) is 0 Å². The summed E-state index contributed by atoms with van der Waals surface area (Å²) in [5.74, 6) is 1.08. The van der Waals surface area contributed by atoms with Gasteiger partial charge in [-0.1, -0.05) is 26.0 Å². The molecule has 0 aliphatic rings. The number of nitrogens with zero attached hydrogens (tertiary/aromatic N) is 3. The molecule has 1 heterocycles. The maximum Gasteiger partial charge on any atom is 0.323 e. The van der Waals surface area contributed by atoms with E-state index in [2.05, 4.69) is 29.9 Å². The van der Waals surface area contributed by atoms with Crippen molar-refractivity contribution < 1.29 is 4.74 Å². The minimum Gasteiger partial charge on any atom is -0.424 e. The second kappa shape index (κ2) is 5.49. The maximum absolute atomic E-state index is 8.82. The predicted octanol–water partition coefficient (Wildman–Crippen LogP) is 3.57. The smallest absolute Gasteiger partial charge is 0.323 e. The normalized spacial score (nSPS) is 10.3. The number of rotatable bonds is 3. The molecular weight excluding hydrogens is 238 g/mol. The molecule has 19 heavy (non-hydrogen) atoms. The van der Waals surface area contributed by atoms with Crippen LogP contribution in [0, 0.1) is 18.3 Å². The Morgan fingerprint density at radius 1 is 1.26 bits per heavy atom. The van der Waals surface area contributed by atoms with Crippen LogP contribution in [0.1, 0.15) is 36.6 Å². The summed E-state index contributed by atoms with van der Waals surface area (Å²) in [6.45, 7) is 6.21. The Kier molecular flexibility index (Phi) is 3.76. The number of aromatic nitrogens is 2. The van der Waals surface area contributed by atoms with Crippen LogP contribution < -0.4 is 4.74 Å². The minimum absolute atomic E-state index is 0.201. The van der Waals surface area contributed by atoms with Crippen molar-refractivity contribution in [1.82, 2.24) is 9.97 Å². The number of hydrogen-bond donors (Lipinski definition) is 0. The first-order valence-corrected chi connectivity index (χ1v) is 6.11. The third-order valence-electron chi connectivity index (χ3n) is 2.74. The van der Waals surface area contributed by atoms with Gasteiger partial charge in [0, 0.05) is 6.20 Å². The van der Waals surface area contributed by atoms with Crippen LogP contribution in [-0.4, -0.2) is 9.97 Å². The van der Waals surface area contributed by atoms with Gasteiger partial charge in [-0.15, -0.1) is 0 Å². The van der Waals surface area contributed by atoms with E-state index in [9.17, 15) is 0 Å². The Balaban J connectivity index is 2.37. The molecule has 0 saturated heterocycles. The molecule has 0 atom stereocenters. The largest absolute Gasteiger partial charge is 0.424 e. The zero-order valence-corrected chi connectivity index (χ0v) is 11.2. The van der Waals surface area contributed by atoms with Crippen LogP contribution in [0.3, 0.4) is 0 Å². The molecule has 96 valence electrons. The summed E-state index contributed by atoms with van der Waals surface area (Å²) in [6.07, 6.45) is 1.52. The second-order valence-electron chi connectivity index (χ2n) is 4.63. The van der Waals surface area contributed by atoms with Crippen LogP contribution in [0.4, 0.5) is 0 Å². The van der Waals surface area contributed by atoms with Crippen LogP contribution >= 0.6 is 0 Å². The maximum atomic E-state index is 8.82. The van der Waals surface area contributed by atoms with Gasteiger partial charge in [0.1, 0.15) is 17.5 Å². The fourth-order valence-corrected chi connectivity index (χ4v) is 1.76. The van der Waals surface area contributed by atoms with Gasteiger partial charge in [0.25, 0.3) is 0 Å². The van der Waals surface area contributed by atoms with E-state index in [-0.39, 0.29) is 6.01 Å². The summed E-state index contributed by atoms with van der Waals surface area (Å²) >= 11 is 0. The molecule has 0 aliphatic heterocycles. The highest BCUT2D eigenvalue weighted by Crippen LogP contribution is 2.30. The first-order valence-electron chi connectivity index (χ1n) is 6.11. The highest BCUT2D eigenvalue weighted by Gasteiger charge is 2.10. The molecule has 2 rings (SSSR count). The predicted molar refractivity (Wildman–Crippen MR) is 72.1 cm³/mol. The van der Waals surface area contributed by atoms with Crippen molar-refractivity contribution >= 4 is 0 Å². The van der Waals surface area contributed by atoms with Gasteiger partial charge in [-0.3, -0.25) is 0 Å². The molecule has 0 spiro atoms. The molecule has 0 fully saturated rings. The van der Waals surface area contributed by atoms with Gasteiger partial charge >= 0.3 is 6.01 Å². The average molecular weight is 253 g/mol. The van der Waals surface area contributed by atoms with E-state index in [1.54, 1.807) is 6.07 Å². The van der Waals surface area contributed by atoms with Crippen LogP contribution in [-0.2, 0) is 0 Å². The summed E-state index contributed by atoms with van der Waals surface area (Å²) in [5.41, 5.74) is 2.50. The fraction of sp³-hybridized carbons (Fsp3) is 0.267. The third-order valence-corrected chi connectivity index (χ3v) is 2.74. The van der Waals surface area contributed by atoms with Crippen molar-refractivity contribution in [3.63, 3.8) is 0 Å². The van der Waals surface area contributed by atoms with Crippen molar-refractivity contribution in [3.05, 3.63) is 47.3 Å². The zero-order valence-electron chi connectivity index (χ0n) is 11.2. The van der Waals surface area contributed by atoms with Gasteiger partial charge in [-0.05, 0) is 36.1 Å². The Hall–Kier alpha value is -2.41. The Labute approximate surface area is 112 Å². The van der Waals surface area contributed by atoms with Crippen molar-refractivity contribution in [2.45, 2.75) is 26.7 Å². The Bertz CT molecular complexity index is 630. The zero-order chi connectivity index (χ0) is 13.8. The molecule has 2 aromatic rings. The average Bonchev–Trinajstić information content (AvgIpc) is 2.38. The number of aryl methyl sites for hydroxylation is 1. The fourth-order valence-electron chi connectivity index (χ4n) is 1.76. The lowest BCUT2D eigenvalue weighted by atomic mass is 10.0. The highest BCUT2D eigenvalue weighted by molar-refractivity contribution is 5.40. The number of hydrogen-bond acceptors (Lipinski definition) is 4. The molecule has 0 unspecified atom stereocenters. The van der Waals surface area contributed by atoms with Crippen LogP contribution in [0.5, 0.6) is 11.8 Å². The molecule has 0 aliphatic carbocycles. The van der Waals surface area contributed by atoms with Crippen molar-refractivity contribution in [2.24, 2.45) is 0 Å². The van der Waals surface area contributed by atoms with Gasteiger partial charge in [-0.25, -0.2) is 4.98 Å². The molecule has 0 saturated carbocycles.